The summed E-state index contributed by atoms with van der Waals surface area (Å²) in [5.74, 6) is 0. The quantitative estimate of drug-likeness (QED) is 0.258. The predicted molar refractivity (Wildman–Crippen MR) is 115 cm³/mol. The molecule has 0 aliphatic heterocycles. The zero-order chi connectivity index (χ0) is 21.3. The second-order valence-electron chi connectivity index (χ2n) is 6.44. The van der Waals surface area contributed by atoms with Crippen LogP contribution in [-0.4, -0.2) is 19.6 Å². The second-order valence-corrected chi connectivity index (χ2v) is 8.00. The Morgan fingerprint density at radius 3 is 2.55 bits per heavy atom. The molecule has 0 atom stereocenters. The van der Waals surface area contributed by atoms with Gasteiger partial charge in [-0.1, -0.05) is 56.2 Å². The summed E-state index contributed by atoms with van der Waals surface area (Å²) in [5.41, 5.74) is 4.29. The van der Waals surface area contributed by atoms with Crippen molar-refractivity contribution in [2.75, 3.05) is 5.43 Å². The van der Waals surface area contributed by atoms with Gasteiger partial charge in [-0.2, -0.15) is 5.10 Å². The fraction of sp³-hybridized carbons (Fsp3) is 0.250. The molecular formula is C20H24N4O4S. The number of benzene rings is 2. The lowest BCUT2D eigenvalue weighted by atomic mass is 10.1. The van der Waals surface area contributed by atoms with E-state index in [1.165, 1.54) is 12.1 Å². The summed E-state index contributed by atoms with van der Waals surface area (Å²) in [6, 6.07) is 13.2. The molecule has 0 fully saturated rings. The Balaban J connectivity index is 2.23. The third-order valence-electron chi connectivity index (χ3n) is 4.13. The molecule has 2 rings (SSSR count). The van der Waals surface area contributed by atoms with Crippen LogP contribution in [-0.2, 0) is 10.0 Å². The number of rotatable bonds is 10. The number of nitro groups is 1. The molecule has 0 saturated heterocycles. The predicted octanol–water partition coefficient (Wildman–Crippen LogP) is 4.30. The van der Waals surface area contributed by atoms with Crippen LogP contribution in [0.4, 0.5) is 11.4 Å². The fourth-order valence-corrected chi connectivity index (χ4v) is 3.17. The number of nitro benzene ring substituents is 1. The van der Waals surface area contributed by atoms with Crippen molar-refractivity contribution in [2.24, 2.45) is 10.2 Å². The van der Waals surface area contributed by atoms with Crippen LogP contribution in [0.1, 0.15) is 38.2 Å². The van der Waals surface area contributed by atoms with Crippen LogP contribution in [0.3, 0.4) is 0 Å². The van der Waals surface area contributed by atoms with Crippen LogP contribution < -0.4 is 10.6 Å². The standard InChI is InChI=1S/C20H24N4O4S/c1-2-3-5-10-17(13-16-8-6-4-7-9-16)15-22-23-19-12-11-18(29(21,27)28)14-20(19)24(25)26/h4,6-9,11-15,23H,2-3,5,10H2,1H3,(H2,21,27,28). The minimum absolute atomic E-state index is 0.0752. The minimum atomic E-state index is -4.04. The molecule has 0 amide bonds. The average Bonchev–Trinajstić information content (AvgIpc) is 2.68. The van der Waals surface area contributed by atoms with E-state index in [-0.39, 0.29) is 10.6 Å². The smallest absolute Gasteiger partial charge is 0.272 e. The SMILES string of the molecule is CCCCCC(C=NNc1ccc(S(N)(=O)=O)cc1[N+](=O)[O-])=Cc1ccccc1. The van der Waals surface area contributed by atoms with Crippen molar-refractivity contribution in [3.05, 3.63) is 69.8 Å². The summed E-state index contributed by atoms with van der Waals surface area (Å²) in [4.78, 5) is 10.3. The molecule has 154 valence electrons. The van der Waals surface area contributed by atoms with E-state index in [2.05, 4.69) is 17.5 Å². The van der Waals surface area contributed by atoms with E-state index in [0.717, 1.165) is 42.9 Å². The zero-order valence-corrected chi connectivity index (χ0v) is 16.9. The summed E-state index contributed by atoms with van der Waals surface area (Å²) in [7, 11) is -4.04. The number of sulfonamides is 1. The number of allylic oxidation sites excluding steroid dienone is 1. The number of hydrogen-bond donors (Lipinski definition) is 2. The first-order valence-corrected chi connectivity index (χ1v) is 10.7. The highest BCUT2D eigenvalue weighted by Crippen LogP contribution is 2.27. The van der Waals surface area contributed by atoms with Gasteiger partial charge in [0.1, 0.15) is 5.69 Å². The van der Waals surface area contributed by atoms with Crippen molar-refractivity contribution in [2.45, 2.75) is 37.5 Å². The van der Waals surface area contributed by atoms with Crippen LogP contribution in [0.2, 0.25) is 0 Å². The maximum atomic E-state index is 11.4. The van der Waals surface area contributed by atoms with Crippen molar-refractivity contribution >= 4 is 33.7 Å². The Labute approximate surface area is 170 Å². The van der Waals surface area contributed by atoms with Gasteiger partial charge in [0.25, 0.3) is 5.69 Å². The number of nitrogens with zero attached hydrogens (tertiary/aromatic N) is 2. The van der Waals surface area contributed by atoms with Crippen molar-refractivity contribution < 1.29 is 13.3 Å². The van der Waals surface area contributed by atoms with E-state index in [9.17, 15) is 18.5 Å². The number of anilines is 1. The molecule has 0 saturated carbocycles. The molecule has 3 N–H and O–H groups in total. The molecule has 0 unspecified atom stereocenters. The fourth-order valence-electron chi connectivity index (χ4n) is 2.64. The van der Waals surface area contributed by atoms with Crippen molar-refractivity contribution in [1.82, 2.24) is 0 Å². The molecule has 0 radical (unpaired) electrons. The van der Waals surface area contributed by atoms with Crippen LogP contribution in [0.15, 0.2) is 64.1 Å². The van der Waals surface area contributed by atoms with E-state index >= 15 is 0 Å². The molecule has 29 heavy (non-hydrogen) atoms. The van der Waals surface area contributed by atoms with Gasteiger partial charge >= 0.3 is 0 Å². The van der Waals surface area contributed by atoms with E-state index < -0.39 is 20.6 Å². The largest absolute Gasteiger partial charge is 0.295 e. The van der Waals surface area contributed by atoms with E-state index in [0.29, 0.717) is 0 Å². The van der Waals surface area contributed by atoms with Crippen LogP contribution in [0.25, 0.3) is 6.08 Å². The summed E-state index contributed by atoms with van der Waals surface area (Å²) in [5, 5.41) is 20.4. The van der Waals surface area contributed by atoms with E-state index in [1.807, 2.05) is 36.4 Å². The van der Waals surface area contributed by atoms with Gasteiger partial charge in [-0.05, 0) is 36.1 Å². The molecule has 2 aromatic rings. The number of nitrogens with one attached hydrogen (secondary N) is 1. The molecule has 0 aliphatic rings. The zero-order valence-electron chi connectivity index (χ0n) is 16.1. The lowest BCUT2D eigenvalue weighted by molar-refractivity contribution is -0.384. The minimum Gasteiger partial charge on any atom is -0.272 e. The topological polar surface area (TPSA) is 128 Å². The van der Waals surface area contributed by atoms with Gasteiger partial charge in [-0.25, -0.2) is 13.6 Å². The molecule has 0 spiro atoms. The van der Waals surface area contributed by atoms with Crippen LogP contribution in [0.5, 0.6) is 0 Å². The highest BCUT2D eigenvalue weighted by molar-refractivity contribution is 7.89. The first kappa shape index (κ1) is 22.3. The molecule has 2 aromatic carbocycles. The number of primary sulfonamides is 1. The Kier molecular flexibility index (Phi) is 8.05. The molecule has 0 heterocycles. The monoisotopic (exact) mass is 416 g/mol. The normalized spacial score (nSPS) is 12.3. The summed E-state index contributed by atoms with van der Waals surface area (Å²) < 4.78 is 22.8. The second kappa shape index (κ2) is 10.5. The van der Waals surface area contributed by atoms with Gasteiger partial charge in [0.05, 0.1) is 16.0 Å². The van der Waals surface area contributed by atoms with E-state index in [4.69, 9.17) is 5.14 Å². The van der Waals surface area contributed by atoms with Crippen molar-refractivity contribution in [3.8, 4) is 0 Å². The number of nitrogens with two attached hydrogens (primary N) is 1. The number of hydrogen-bond acceptors (Lipinski definition) is 6. The van der Waals surface area contributed by atoms with Gasteiger partial charge in [0.2, 0.25) is 10.0 Å². The van der Waals surface area contributed by atoms with E-state index in [1.54, 1.807) is 6.21 Å². The highest BCUT2D eigenvalue weighted by Gasteiger charge is 2.18. The molecule has 8 nitrogen and oxygen atoms in total. The maximum Gasteiger partial charge on any atom is 0.295 e. The molecule has 0 aromatic heterocycles. The maximum absolute atomic E-state index is 11.4. The van der Waals surface area contributed by atoms with Crippen molar-refractivity contribution in [1.29, 1.82) is 0 Å². The summed E-state index contributed by atoms with van der Waals surface area (Å²) in [6.45, 7) is 2.13. The lowest BCUT2D eigenvalue weighted by Crippen LogP contribution is -2.12. The Bertz CT molecular complexity index is 1000. The molecular weight excluding hydrogens is 392 g/mol. The summed E-state index contributed by atoms with van der Waals surface area (Å²) in [6.07, 6.45) is 7.65. The third kappa shape index (κ3) is 7.13. The lowest BCUT2D eigenvalue weighted by Gasteiger charge is -2.05. The Morgan fingerprint density at radius 1 is 1.21 bits per heavy atom. The molecule has 0 bridgehead atoms. The summed E-state index contributed by atoms with van der Waals surface area (Å²) >= 11 is 0. The molecule has 0 aliphatic carbocycles. The highest BCUT2D eigenvalue weighted by atomic mass is 32.2. The third-order valence-corrected chi connectivity index (χ3v) is 5.04. The first-order chi connectivity index (χ1) is 13.8. The molecule has 9 heteroatoms. The van der Waals surface area contributed by atoms with Crippen molar-refractivity contribution in [3.63, 3.8) is 0 Å². The Hall–Kier alpha value is -3.04. The number of unbranched alkanes of at least 4 members (excludes halogenated alkanes) is 2. The number of hydrazone groups is 1. The Morgan fingerprint density at radius 2 is 1.93 bits per heavy atom. The van der Waals surface area contributed by atoms with Gasteiger partial charge < -0.3 is 0 Å². The van der Waals surface area contributed by atoms with Crippen LogP contribution >= 0.6 is 0 Å². The van der Waals surface area contributed by atoms with Gasteiger partial charge in [-0.15, -0.1) is 0 Å². The van der Waals surface area contributed by atoms with Gasteiger partial charge in [-0.3, -0.25) is 15.5 Å². The average molecular weight is 417 g/mol. The van der Waals surface area contributed by atoms with Crippen LogP contribution in [0, 0.1) is 10.1 Å². The van der Waals surface area contributed by atoms with Gasteiger partial charge in [0, 0.05) is 6.07 Å². The van der Waals surface area contributed by atoms with Gasteiger partial charge in [0.15, 0.2) is 0 Å². The first-order valence-electron chi connectivity index (χ1n) is 9.17.